The third kappa shape index (κ3) is 10.4. The number of rotatable bonds is 13. The molecule has 3 aliphatic rings. The molecule has 5 unspecified atom stereocenters. The van der Waals surface area contributed by atoms with Gasteiger partial charge in [0.05, 0.1) is 31.0 Å². The number of hydrogen-bond donors (Lipinski definition) is 5. The Hall–Kier alpha value is -2.20. The Balaban J connectivity index is 0.000000688. The zero-order valence-corrected chi connectivity index (χ0v) is 28.2. The monoisotopic (exact) mass is 675 g/mol. The normalized spacial score (nSPS) is 22.4. The standard InChI is InChI=1S/C22H29ClN7O5PS.C4H10O.CH4O/c1-14-9-17(10-33-36(28-22(11-31)7-8-22)35-16-5-3-15(23)4-6-16)34-21(14)30-13-26-18-19(27-29-37(2)32)24-12-25-20(18)30;1-4(2)5-3;1-2/h3-6,11-12,14,17,21,26,28-29H,7-10,13H2,1-2H3,(H,24,25,27);4H,1-3H3;2H,1H3. The summed E-state index contributed by atoms with van der Waals surface area (Å²) in [6, 6.07) is 7.02. The fourth-order valence-corrected chi connectivity index (χ4v) is 6.01. The van der Waals surface area contributed by atoms with Crippen molar-refractivity contribution >= 4 is 54.7 Å². The first kappa shape index (κ1) is 36.3. The van der Waals surface area contributed by atoms with Gasteiger partial charge in [0.25, 0.3) is 0 Å². The molecule has 1 saturated carbocycles. The first-order valence-electron chi connectivity index (χ1n) is 14.1. The van der Waals surface area contributed by atoms with Crippen molar-refractivity contribution < 1.29 is 32.6 Å². The predicted molar refractivity (Wildman–Crippen MR) is 173 cm³/mol. The number of halogens is 1. The molecule has 246 valence electrons. The van der Waals surface area contributed by atoms with Crippen LogP contribution in [0.25, 0.3) is 0 Å². The van der Waals surface area contributed by atoms with Crippen LogP contribution in [0.1, 0.15) is 40.0 Å². The fraction of sp³-hybridized carbons (Fsp3) is 0.593. The number of carbonyl (C=O) groups is 1. The van der Waals surface area contributed by atoms with Crippen LogP contribution in [0.3, 0.4) is 0 Å². The Morgan fingerprint density at radius 3 is 2.57 bits per heavy atom. The Bertz CT molecular complexity index is 1220. The van der Waals surface area contributed by atoms with E-state index in [-0.39, 0.29) is 18.2 Å². The third-order valence-corrected chi connectivity index (χ3v) is 8.81. The van der Waals surface area contributed by atoms with Crippen molar-refractivity contribution in [2.75, 3.05) is 49.4 Å². The zero-order chi connectivity index (χ0) is 32.3. The summed E-state index contributed by atoms with van der Waals surface area (Å²) in [5, 5.41) is 14.2. The van der Waals surface area contributed by atoms with Gasteiger partial charge < -0.3 is 38.6 Å². The number of aliphatic hydroxyl groups is 1. The minimum Gasteiger partial charge on any atom is -0.436 e. The maximum absolute atomic E-state index is 11.6. The largest absolute Gasteiger partial charge is 0.436 e. The van der Waals surface area contributed by atoms with Crippen molar-refractivity contribution in [3.05, 3.63) is 35.6 Å². The van der Waals surface area contributed by atoms with Crippen LogP contribution in [0.15, 0.2) is 30.6 Å². The molecule has 5 atom stereocenters. The lowest BCUT2D eigenvalue weighted by Gasteiger charge is -2.28. The van der Waals surface area contributed by atoms with E-state index in [2.05, 4.69) is 37.6 Å². The summed E-state index contributed by atoms with van der Waals surface area (Å²) in [6.07, 6.45) is 6.19. The van der Waals surface area contributed by atoms with Crippen LogP contribution in [-0.2, 0) is 29.8 Å². The second-order valence-electron chi connectivity index (χ2n) is 10.5. The quantitative estimate of drug-likeness (QED) is 0.119. The third-order valence-electron chi connectivity index (χ3n) is 6.78. The zero-order valence-electron chi connectivity index (χ0n) is 25.8. The molecule has 5 rings (SSSR count). The summed E-state index contributed by atoms with van der Waals surface area (Å²) in [5.74, 6) is 2.02. The number of fused-ring (bicyclic) bond motifs is 1. The minimum atomic E-state index is -1.58. The number of ether oxygens (including phenoxy) is 2. The van der Waals surface area contributed by atoms with Gasteiger partial charge in [0.15, 0.2) is 11.6 Å². The highest BCUT2D eigenvalue weighted by Gasteiger charge is 2.46. The van der Waals surface area contributed by atoms with Crippen LogP contribution in [0.2, 0.25) is 5.02 Å². The van der Waals surface area contributed by atoms with Gasteiger partial charge in [0.1, 0.15) is 41.3 Å². The number of aliphatic hydroxyl groups excluding tert-OH is 1. The van der Waals surface area contributed by atoms with E-state index in [0.717, 1.165) is 32.7 Å². The van der Waals surface area contributed by atoms with Crippen molar-refractivity contribution in [1.82, 2.24) is 19.9 Å². The van der Waals surface area contributed by atoms with Crippen LogP contribution in [0.5, 0.6) is 5.75 Å². The van der Waals surface area contributed by atoms with Crippen LogP contribution < -0.4 is 30.1 Å². The molecular formula is C27H43ClN7O7PS. The number of nitrogens with zero attached hydrogens (tertiary/aromatic N) is 3. The summed E-state index contributed by atoms with van der Waals surface area (Å²) >= 11 is 5.99. The minimum absolute atomic E-state index is 0.167. The lowest BCUT2D eigenvalue weighted by Crippen LogP contribution is -2.39. The van der Waals surface area contributed by atoms with E-state index in [9.17, 15) is 9.00 Å². The topological polar surface area (TPSA) is 168 Å². The molecule has 17 heteroatoms. The highest BCUT2D eigenvalue weighted by Crippen LogP contribution is 2.46. The lowest BCUT2D eigenvalue weighted by atomic mass is 10.1. The molecule has 0 radical (unpaired) electrons. The molecule has 0 amide bonds. The lowest BCUT2D eigenvalue weighted by molar-refractivity contribution is -0.110. The number of anilines is 3. The number of carbonyl (C=O) groups excluding carboxylic acids is 1. The smallest absolute Gasteiger partial charge is 0.319 e. The summed E-state index contributed by atoms with van der Waals surface area (Å²) in [7, 11) is -0.130. The molecule has 0 bridgehead atoms. The van der Waals surface area contributed by atoms with E-state index >= 15 is 0 Å². The first-order valence-corrected chi connectivity index (χ1v) is 17.2. The van der Waals surface area contributed by atoms with Crippen LogP contribution in [0, 0.1) is 5.92 Å². The molecular weight excluding hydrogens is 633 g/mol. The summed E-state index contributed by atoms with van der Waals surface area (Å²) < 4.78 is 34.7. The molecule has 2 aromatic rings. The molecule has 14 nitrogen and oxygen atoms in total. The molecule has 1 aromatic heterocycles. The van der Waals surface area contributed by atoms with Crippen molar-refractivity contribution in [2.24, 2.45) is 5.92 Å². The molecule has 1 aromatic carbocycles. The highest BCUT2D eigenvalue weighted by atomic mass is 35.5. The summed E-state index contributed by atoms with van der Waals surface area (Å²) in [4.78, 5) is 24.9. The number of aldehydes is 1. The van der Waals surface area contributed by atoms with Crippen LogP contribution in [0.4, 0.5) is 17.3 Å². The van der Waals surface area contributed by atoms with Crippen molar-refractivity contribution in [1.29, 1.82) is 0 Å². The van der Waals surface area contributed by atoms with Gasteiger partial charge in [-0.15, -0.1) is 0 Å². The number of aromatic nitrogens is 2. The van der Waals surface area contributed by atoms with Gasteiger partial charge in [-0.25, -0.2) is 19.3 Å². The first-order chi connectivity index (χ1) is 21.1. The highest BCUT2D eigenvalue weighted by molar-refractivity contribution is 7.82. The Morgan fingerprint density at radius 2 is 1.98 bits per heavy atom. The van der Waals surface area contributed by atoms with Gasteiger partial charge in [-0.05, 0) is 57.4 Å². The van der Waals surface area contributed by atoms with Gasteiger partial charge >= 0.3 is 8.53 Å². The molecule has 2 aliphatic heterocycles. The average molecular weight is 676 g/mol. The van der Waals surface area contributed by atoms with E-state index in [1.54, 1.807) is 31.4 Å². The molecule has 44 heavy (non-hydrogen) atoms. The van der Waals surface area contributed by atoms with E-state index in [1.165, 1.54) is 12.6 Å². The molecule has 5 N–H and O–H groups in total. The number of hydrogen-bond acceptors (Lipinski definition) is 13. The molecule has 1 aliphatic carbocycles. The average Bonchev–Trinajstić information content (AvgIpc) is 3.50. The molecule has 0 spiro atoms. The number of nitrogens with one attached hydrogen (secondary N) is 4. The Labute approximate surface area is 267 Å². The van der Waals surface area contributed by atoms with Gasteiger partial charge in [-0.1, -0.05) is 18.5 Å². The molecule has 3 heterocycles. The van der Waals surface area contributed by atoms with Gasteiger partial charge in [0.2, 0.25) is 0 Å². The number of hydrazine groups is 1. The second-order valence-corrected chi connectivity index (χ2v) is 13.3. The van der Waals surface area contributed by atoms with Crippen LogP contribution >= 0.6 is 20.1 Å². The van der Waals surface area contributed by atoms with Gasteiger partial charge in [-0.2, -0.15) is 4.83 Å². The van der Waals surface area contributed by atoms with Crippen molar-refractivity contribution in [2.45, 2.75) is 64.0 Å². The molecule has 2 fully saturated rings. The van der Waals surface area contributed by atoms with E-state index in [4.69, 9.17) is 35.2 Å². The number of methoxy groups -OCH3 is 1. The maximum atomic E-state index is 11.6. The maximum Gasteiger partial charge on any atom is 0.319 e. The van der Waals surface area contributed by atoms with Crippen molar-refractivity contribution in [3.8, 4) is 5.75 Å². The predicted octanol–water partition coefficient (Wildman–Crippen LogP) is 3.57. The van der Waals surface area contributed by atoms with Gasteiger partial charge in [-0.3, -0.25) is 5.43 Å². The molecule has 1 saturated heterocycles. The van der Waals surface area contributed by atoms with Crippen LogP contribution in [-0.4, -0.2) is 83.3 Å². The fourth-order valence-electron chi connectivity index (χ4n) is 4.22. The van der Waals surface area contributed by atoms with Gasteiger partial charge in [0, 0.05) is 31.4 Å². The van der Waals surface area contributed by atoms with E-state index in [1.807, 2.05) is 18.7 Å². The van der Waals surface area contributed by atoms with Crippen molar-refractivity contribution in [3.63, 3.8) is 0 Å². The Kier molecular flexibility index (Phi) is 14.4. The summed E-state index contributed by atoms with van der Waals surface area (Å²) in [5.41, 5.74) is 2.99. The SMILES string of the molecule is CC1CC(COP(NC2(C=O)CC2)Oc2ccc(Cl)cc2)OC1N1CNc2c(NNS(C)=O)ncnc21.CO.COC(C)C. The Morgan fingerprint density at radius 1 is 1.30 bits per heavy atom. The van der Waals surface area contributed by atoms with E-state index < -0.39 is 25.1 Å². The summed E-state index contributed by atoms with van der Waals surface area (Å²) in [6.45, 7) is 6.93. The van der Waals surface area contributed by atoms with E-state index in [0.29, 0.717) is 47.5 Å². The number of benzene rings is 1. The second kappa shape index (κ2) is 17.5.